The summed E-state index contributed by atoms with van der Waals surface area (Å²) in [5, 5.41) is 7.45. The molecule has 144 valence electrons. The van der Waals surface area contributed by atoms with Gasteiger partial charge in [-0.15, -0.1) is 0 Å². The summed E-state index contributed by atoms with van der Waals surface area (Å²) in [5.74, 6) is 0.317. The molecule has 0 unspecified atom stereocenters. The van der Waals surface area contributed by atoms with Crippen LogP contribution >= 0.6 is 0 Å². The number of para-hydroxylation sites is 1. The smallest absolute Gasteiger partial charge is 0.258 e. The largest absolute Gasteiger partial charge is 0.484 e. The molecule has 0 saturated heterocycles. The standard InChI is InChI=1S/C22H23N3O3/c1-15-21(16(2)25(24-15)19-7-5-4-6-8-19)13-23-22(27)14-28-20-11-9-18(10-12-20)17(3)26/h4-12H,13-14H2,1-3H3,(H,23,27). The summed E-state index contributed by atoms with van der Waals surface area (Å²) in [6, 6.07) is 16.6. The van der Waals surface area contributed by atoms with Crippen molar-refractivity contribution in [2.75, 3.05) is 6.61 Å². The number of carbonyl (C=O) groups is 2. The number of hydrogen-bond donors (Lipinski definition) is 1. The van der Waals surface area contributed by atoms with Gasteiger partial charge in [0, 0.05) is 23.4 Å². The highest BCUT2D eigenvalue weighted by Crippen LogP contribution is 2.17. The van der Waals surface area contributed by atoms with Gasteiger partial charge in [-0.05, 0) is 57.2 Å². The van der Waals surface area contributed by atoms with Crippen molar-refractivity contribution in [1.29, 1.82) is 0 Å². The maximum absolute atomic E-state index is 12.1. The van der Waals surface area contributed by atoms with Gasteiger partial charge in [0.25, 0.3) is 5.91 Å². The van der Waals surface area contributed by atoms with Crippen LogP contribution in [0.25, 0.3) is 5.69 Å². The van der Waals surface area contributed by atoms with Crippen LogP contribution in [0.3, 0.4) is 0 Å². The molecule has 1 N–H and O–H groups in total. The molecule has 6 nitrogen and oxygen atoms in total. The van der Waals surface area contributed by atoms with Gasteiger partial charge >= 0.3 is 0 Å². The molecule has 0 atom stereocenters. The summed E-state index contributed by atoms with van der Waals surface area (Å²) in [7, 11) is 0. The predicted molar refractivity (Wildman–Crippen MR) is 107 cm³/mol. The normalized spacial score (nSPS) is 10.5. The number of hydrogen-bond acceptors (Lipinski definition) is 4. The molecule has 0 radical (unpaired) electrons. The number of amides is 1. The maximum Gasteiger partial charge on any atom is 0.258 e. The monoisotopic (exact) mass is 377 g/mol. The van der Waals surface area contributed by atoms with E-state index in [-0.39, 0.29) is 18.3 Å². The second kappa shape index (κ2) is 8.52. The lowest BCUT2D eigenvalue weighted by molar-refractivity contribution is -0.123. The summed E-state index contributed by atoms with van der Waals surface area (Å²) >= 11 is 0. The SMILES string of the molecule is CC(=O)c1ccc(OCC(=O)NCc2c(C)nn(-c3ccccc3)c2C)cc1. The molecule has 1 amide bonds. The van der Waals surface area contributed by atoms with E-state index < -0.39 is 0 Å². The lowest BCUT2D eigenvalue weighted by Gasteiger charge is -2.09. The number of aromatic nitrogens is 2. The molecule has 28 heavy (non-hydrogen) atoms. The fourth-order valence-corrected chi connectivity index (χ4v) is 2.92. The van der Waals surface area contributed by atoms with E-state index in [0.29, 0.717) is 17.9 Å². The number of rotatable bonds is 7. The van der Waals surface area contributed by atoms with Crippen molar-refractivity contribution in [1.82, 2.24) is 15.1 Å². The zero-order chi connectivity index (χ0) is 20.1. The lowest BCUT2D eigenvalue weighted by Crippen LogP contribution is -2.28. The van der Waals surface area contributed by atoms with Crippen LogP contribution in [-0.4, -0.2) is 28.1 Å². The summed E-state index contributed by atoms with van der Waals surface area (Å²) < 4.78 is 7.36. The first-order chi connectivity index (χ1) is 13.5. The van der Waals surface area contributed by atoms with Gasteiger partial charge in [-0.25, -0.2) is 4.68 Å². The van der Waals surface area contributed by atoms with E-state index >= 15 is 0 Å². The molecule has 1 aromatic heterocycles. The molecule has 1 heterocycles. The minimum Gasteiger partial charge on any atom is -0.484 e. The topological polar surface area (TPSA) is 73.2 Å². The Kier molecular flexibility index (Phi) is 5.89. The van der Waals surface area contributed by atoms with Gasteiger partial charge in [-0.3, -0.25) is 9.59 Å². The van der Waals surface area contributed by atoms with Crippen molar-refractivity contribution < 1.29 is 14.3 Å². The summed E-state index contributed by atoms with van der Waals surface area (Å²) in [4.78, 5) is 23.4. The van der Waals surface area contributed by atoms with Gasteiger partial charge in [-0.1, -0.05) is 18.2 Å². The summed E-state index contributed by atoms with van der Waals surface area (Å²) in [6.07, 6.45) is 0. The van der Waals surface area contributed by atoms with E-state index in [0.717, 1.165) is 22.6 Å². The fourth-order valence-electron chi connectivity index (χ4n) is 2.92. The first-order valence-corrected chi connectivity index (χ1v) is 9.06. The van der Waals surface area contributed by atoms with E-state index in [1.54, 1.807) is 24.3 Å². The molecule has 3 aromatic rings. The predicted octanol–water partition coefficient (Wildman–Crippen LogP) is 3.39. The van der Waals surface area contributed by atoms with Crippen molar-refractivity contribution in [3.8, 4) is 11.4 Å². The van der Waals surface area contributed by atoms with E-state index in [4.69, 9.17) is 4.74 Å². The molecule has 3 rings (SSSR count). The van der Waals surface area contributed by atoms with E-state index in [1.165, 1.54) is 6.92 Å². The first kappa shape index (κ1) is 19.4. The van der Waals surface area contributed by atoms with Crippen LogP contribution < -0.4 is 10.1 Å². The Balaban J connectivity index is 1.57. The van der Waals surface area contributed by atoms with Crippen molar-refractivity contribution in [3.05, 3.63) is 77.1 Å². The Morgan fingerprint density at radius 3 is 2.36 bits per heavy atom. The lowest BCUT2D eigenvalue weighted by atomic mass is 10.1. The molecule has 0 bridgehead atoms. The number of carbonyl (C=O) groups excluding carboxylic acids is 2. The molecule has 0 fully saturated rings. The van der Waals surface area contributed by atoms with Gasteiger partial charge in [0.05, 0.1) is 11.4 Å². The number of nitrogens with one attached hydrogen (secondary N) is 1. The maximum atomic E-state index is 12.1. The highest BCUT2D eigenvalue weighted by atomic mass is 16.5. The molecule has 0 saturated carbocycles. The highest BCUT2D eigenvalue weighted by Gasteiger charge is 2.14. The Bertz CT molecular complexity index is 976. The fraction of sp³-hybridized carbons (Fsp3) is 0.227. The molecule has 0 aliphatic carbocycles. The molecule has 0 aliphatic heterocycles. The first-order valence-electron chi connectivity index (χ1n) is 9.06. The zero-order valence-electron chi connectivity index (χ0n) is 16.2. The number of nitrogens with zero attached hydrogens (tertiary/aromatic N) is 2. The molecular formula is C22H23N3O3. The van der Waals surface area contributed by atoms with Crippen molar-refractivity contribution in [2.45, 2.75) is 27.3 Å². The van der Waals surface area contributed by atoms with Crippen molar-refractivity contribution in [2.24, 2.45) is 0 Å². The van der Waals surface area contributed by atoms with Gasteiger partial charge in [-0.2, -0.15) is 5.10 Å². The van der Waals surface area contributed by atoms with Gasteiger partial charge in [0.15, 0.2) is 12.4 Å². The Morgan fingerprint density at radius 2 is 1.71 bits per heavy atom. The summed E-state index contributed by atoms with van der Waals surface area (Å²) in [6.45, 7) is 5.72. The van der Waals surface area contributed by atoms with E-state index in [9.17, 15) is 9.59 Å². The second-order valence-corrected chi connectivity index (χ2v) is 6.54. The van der Waals surface area contributed by atoms with Gasteiger partial charge < -0.3 is 10.1 Å². The van der Waals surface area contributed by atoms with Crippen LogP contribution in [0.2, 0.25) is 0 Å². The van der Waals surface area contributed by atoms with E-state index in [2.05, 4.69) is 10.4 Å². The Hall–Kier alpha value is -3.41. The summed E-state index contributed by atoms with van der Waals surface area (Å²) in [5.41, 5.74) is 4.45. The van der Waals surface area contributed by atoms with Gasteiger partial charge in [0.2, 0.25) is 0 Å². The van der Waals surface area contributed by atoms with Crippen LogP contribution in [0, 0.1) is 13.8 Å². The number of ether oxygens (including phenoxy) is 1. The zero-order valence-corrected chi connectivity index (χ0v) is 16.2. The minimum absolute atomic E-state index is 0.00826. The Labute approximate surface area is 164 Å². The second-order valence-electron chi connectivity index (χ2n) is 6.54. The number of Topliss-reactive ketones (excluding diaryl/α,β-unsaturated/α-hetero) is 1. The molecule has 6 heteroatoms. The third-order valence-corrected chi connectivity index (χ3v) is 4.54. The minimum atomic E-state index is -0.220. The highest BCUT2D eigenvalue weighted by molar-refractivity contribution is 5.94. The number of aryl methyl sites for hydroxylation is 1. The third kappa shape index (κ3) is 4.46. The van der Waals surface area contributed by atoms with Crippen LogP contribution in [0.4, 0.5) is 0 Å². The van der Waals surface area contributed by atoms with E-state index in [1.807, 2.05) is 48.9 Å². The molecule has 0 spiro atoms. The number of benzene rings is 2. The van der Waals surface area contributed by atoms with Crippen LogP contribution in [0.5, 0.6) is 5.75 Å². The molecule has 2 aromatic carbocycles. The van der Waals surface area contributed by atoms with Gasteiger partial charge in [0.1, 0.15) is 5.75 Å². The third-order valence-electron chi connectivity index (χ3n) is 4.54. The van der Waals surface area contributed by atoms with Crippen LogP contribution in [0.1, 0.15) is 34.2 Å². The van der Waals surface area contributed by atoms with Crippen LogP contribution in [-0.2, 0) is 11.3 Å². The van der Waals surface area contributed by atoms with Crippen molar-refractivity contribution >= 4 is 11.7 Å². The quantitative estimate of drug-likeness (QED) is 0.641. The average molecular weight is 377 g/mol. The van der Waals surface area contributed by atoms with Crippen molar-refractivity contribution in [3.63, 3.8) is 0 Å². The molecule has 0 aliphatic rings. The Morgan fingerprint density at radius 1 is 1.04 bits per heavy atom. The average Bonchev–Trinajstić information content (AvgIpc) is 2.99. The number of ketones is 1. The molecular weight excluding hydrogens is 354 g/mol. The van der Waals surface area contributed by atoms with Crippen LogP contribution in [0.15, 0.2) is 54.6 Å².